The number of nitrogens with zero attached hydrogens (tertiary/aromatic N) is 1. The van der Waals surface area contributed by atoms with Crippen LogP contribution in [0.3, 0.4) is 0 Å². The van der Waals surface area contributed by atoms with Crippen molar-refractivity contribution in [2.24, 2.45) is 11.8 Å². The number of aromatic hydroxyl groups is 1. The summed E-state index contributed by atoms with van der Waals surface area (Å²) in [5.41, 5.74) is 2.48. The SMILES string of the molecule is O=C(NN1C(=O)[C@@H]2[C@H](C1=O)[C@@H]1C=C[C@H]2O1)c1cccc(O)c1. The van der Waals surface area contributed by atoms with Crippen molar-refractivity contribution < 1.29 is 24.2 Å². The van der Waals surface area contributed by atoms with Gasteiger partial charge >= 0.3 is 0 Å². The van der Waals surface area contributed by atoms with E-state index in [9.17, 15) is 19.5 Å². The molecule has 0 radical (unpaired) electrons. The molecule has 112 valence electrons. The van der Waals surface area contributed by atoms with Gasteiger partial charge in [0.25, 0.3) is 17.7 Å². The van der Waals surface area contributed by atoms with Crippen LogP contribution in [-0.4, -0.2) is 40.0 Å². The van der Waals surface area contributed by atoms with Crippen molar-refractivity contribution >= 4 is 17.7 Å². The second kappa shape index (κ2) is 4.41. The lowest BCUT2D eigenvalue weighted by atomic mass is 9.85. The number of carbonyl (C=O) groups excluding carboxylic acids is 3. The fraction of sp³-hybridized carbons (Fsp3) is 0.267. The second-order valence-electron chi connectivity index (χ2n) is 5.50. The van der Waals surface area contributed by atoms with Crippen molar-refractivity contribution in [3.63, 3.8) is 0 Å². The van der Waals surface area contributed by atoms with Gasteiger partial charge in [0.2, 0.25) is 0 Å². The van der Waals surface area contributed by atoms with E-state index in [1.165, 1.54) is 24.3 Å². The van der Waals surface area contributed by atoms with Crippen molar-refractivity contribution in [2.45, 2.75) is 12.2 Å². The summed E-state index contributed by atoms with van der Waals surface area (Å²) in [5, 5.41) is 10.2. The maximum atomic E-state index is 12.3. The zero-order valence-electron chi connectivity index (χ0n) is 11.3. The fourth-order valence-corrected chi connectivity index (χ4v) is 3.23. The summed E-state index contributed by atoms with van der Waals surface area (Å²) in [4.78, 5) is 36.8. The van der Waals surface area contributed by atoms with Gasteiger partial charge in [-0.1, -0.05) is 18.2 Å². The largest absolute Gasteiger partial charge is 0.508 e. The van der Waals surface area contributed by atoms with Crippen LogP contribution in [-0.2, 0) is 14.3 Å². The fourth-order valence-electron chi connectivity index (χ4n) is 3.23. The summed E-state index contributed by atoms with van der Waals surface area (Å²) in [5.74, 6) is -2.74. The number of rotatable bonds is 2. The van der Waals surface area contributed by atoms with E-state index in [1.54, 1.807) is 12.2 Å². The van der Waals surface area contributed by atoms with E-state index in [0.717, 1.165) is 5.01 Å². The number of nitrogens with one attached hydrogen (secondary N) is 1. The van der Waals surface area contributed by atoms with E-state index < -0.39 is 41.8 Å². The normalized spacial score (nSPS) is 31.7. The molecule has 0 spiro atoms. The average Bonchev–Trinajstić information content (AvgIpc) is 3.17. The molecule has 22 heavy (non-hydrogen) atoms. The van der Waals surface area contributed by atoms with Crippen LogP contribution in [0.1, 0.15) is 10.4 Å². The van der Waals surface area contributed by atoms with Gasteiger partial charge in [0.1, 0.15) is 5.75 Å². The molecule has 3 amide bonds. The number of ether oxygens (including phenoxy) is 1. The molecule has 0 aromatic heterocycles. The molecule has 0 unspecified atom stereocenters. The Kier molecular flexibility index (Phi) is 2.61. The molecule has 4 rings (SSSR count). The Morgan fingerprint density at radius 3 is 2.36 bits per heavy atom. The first-order valence-corrected chi connectivity index (χ1v) is 6.88. The minimum absolute atomic E-state index is 0.0701. The highest BCUT2D eigenvalue weighted by Crippen LogP contribution is 2.44. The molecule has 1 aromatic carbocycles. The maximum Gasteiger partial charge on any atom is 0.270 e. The lowest BCUT2D eigenvalue weighted by Gasteiger charge is -2.18. The predicted octanol–water partition coefficient (Wildman–Crippen LogP) is -0.0246. The number of hydrogen-bond acceptors (Lipinski definition) is 5. The van der Waals surface area contributed by atoms with Gasteiger partial charge in [0.05, 0.1) is 24.0 Å². The molecule has 1 aromatic rings. The molecule has 0 saturated carbocycles. The Hall–Kier alpha value is -2.67. The average molecular weight is 300 g/mol. The van der Waals surface area contributed by atoms with E-state index in [4.69, 9.17) is 4.74 Å². The first-order chi connectivity index (χ1) is 10.6. The van der Waals surface area contributed by atoms with E-state index in [2.05, 4.69) is 5.43 Å². The highest BCUT2D eigenvalue weighted by Gasteiger charge is 2.61. The summed E-state index contributed by atoms with van der Waals surface area (Å²) in [6, 6.07) is 5.67. The lowest BCUT2D eigenvalue weighted by molar-refractivity contribution is -0.145. The predicted molar refractivity (Wildman–Crippen MR) is 72.2 cm³/mol. The van der Waals surface area contributed by atoms with Crippen LogP contribution in [0.25, 0.3) is 0 Å². The quantitative estimate of drug-likeness (QED) is 0.591. The number of hydrazine groups is 1. The number of benzene rings is 1. The minimum atomic E-state index is -0.626. The molecule has 2 fully saturated rings. The molecule has 3 aliphatic rings. The Balaban J connectivity index is 1.56. The minimum Gasteiger partial charge on any atom is -0.508 e. The van der Waals surface area contributed by atoms with Crippen LogP contribution in [0.4, 0.5) is 0 Å². The molecule has 2 N–H and O–H groups in total. The Bertz CT molecular complexity index is 698. The maximum absolute atomic E-state index is 12.3. The Morgan fingerprint density at radius 2 is 1.77 bits per heavy atom. The van der Waals surface area contributed by atoms with Crippen molar-refractivity contribution in [2.75, 3.05) is 0 Å². The molecule has 0 aliphatic carbocycles. The summed E-state index contributed by atoms with van der Waals surface area (Å²) in [6.07, 6.45) is 2.76. The van der Waals surface area contributed by atoms with Crippen molar-refractivity contribution in [1.82, 2.24) is 10.4 Å². The molecule has 2 bridgehead atoms. The van der Waals surface area contributed by atoms with Gasteiger partial charge in [-0.25, -0.2) is 0 Å². The molecular weight excluding hydrogens is 288 g/mol. The first-order valence-electron chi connectivity index (χ1n) is 6.88. The Morgan fingerprint density at radius 1 is 1.14 bits per heavy atom. The van der Waals surface area contributed by atoms with E-state index in [-0.39, 0.29) is 11.3 Å². The summed E-state index contributed by atoms with van der Waals surface area (Å²) >= 11 is 0. The van der Waals surface area contributed by atoms with Crippen LogP contribution in [0.15, 0.2) is 36.4 Å². The third-order valence-corrected chi connectivity index (χ3v) is 4.23. The topological polar surface area (TPSA) is 95.9 Å². The van der Waals surface area contributed by atoms with Crippen LogP contribution in [0.2, 0.25) is 0 Å². The van der Waals surface area contributed by atoms with Crippen molar-refractivity contribution in [3.8, 4) is 5.75 Å². The van der Waals surface area contributed by atoms with E-state index in [1.807, 2.05) is 0 Å². The lowest BCUT2D eigenvalue weighted by Crippen LogP contribution is -2.47. The second-order valence-corrected chi connectivity index (χ2v) is 5.50. The van der Waals surface area contributed by atoms with Gasteiger partial charge in [-0.2, -0.15) is 5.01 Å². The standard InChI is InChI=1S/C15H12N2O5/c18-8-3-1-2-7(6-8)13(19)16-17-14(20)11-9-4-5-10(22-9)12(11)15(17)21/h1-6,9-12,18H,(H,16,19)/t9-,10+,11+,12-. The molecule has 3 heterocycles. The summed E-state index contributed by atoms with van der Waals surface area (Å²) < 4.78 is 5.51. The van der Waals surface area contributed by atoms with E-state index in [0.29, 0.717) is 0 Å². The summed E-state index contributed by atoms with van der Waals surface area (Å²) in [6.45, 7) is 0. The number of carbonyl (C=O) groups is 3. The molecule has 7 heteroatoms. The van der Waals surface area contributed by atoms with Gasteiger partial charge in [-0.3, -0.25) is 19.8 Å². The number of imide groups is 1. The monoisotopic (exact) mass is 300 g/mol. The van der Waals surface area contributed by atoms with Crippen molar-refractivity contribution in [1.29, 1.82) is 0 Å². The van der Waals surface area contributed by atoms with Crippen LogP contribution >= 0.6 is 0 Å². The number of hydrogen-bond donors (Lipinski definition) is 2. The number of fused-ring (bicyclic) bond motifs is 5. The molecule has 2 saturated heterocycles. The highest BCUT2D eigenvalue weighted by atomic mass is 16.5. The smallest absolute Gasteiger partial charge is 0.270 e. The zero-order valence-corrected chi connectivity index (χ0v) is 11.3. The highest BCUT2D eigenvalue weighted by molar-refractivity contribution is 6.09. The van der Waals surface area contributed by atoms with Crippen LogP contribution in [0, 0.1) is 11.8 Å². The third kappa shape index (κ3) is 1.69. The zero-order chi connectivity index (χ0) is 15.4. The van der Waals surface area contributed by atoms with Gasteiger partial charge in [-0.05, 0) is 18.2 Å². The summed E-state index contributed by atoms with van der Waals surface area (Å²) in [7, 11) is 0. The molecule has 7 nitrogen and oxygen atoms in total. The van der Waals surface area contributed by atoms with Crippen LogP contribution in [0.5, 0.6) is 5.75 Å². The van der Waals surface area contributed by atoms with Gasteiger partial charge in [0, 0.05) is 5.56 Å². The van der Waals surface area contributed by atoms with E-state index >= 15 is 0 Å². The third-order valence-electron chi connectivity index (χ3n) is 4.23. The van der Waals surface area contributed by atoms with Gasteiger partial charge in [0.15, 0.2) is 0 Å². The first kappa shape index (κ1) is 13.0. The van der Waals surface area contributed by atoms with Gasteiger partial charge < -0.3 is 9.84 Å². The Labute approximate surface area is 125 Å². The number of phenols is 1. The van der Waals surface area contributed by atoms with Crippen LogP contribution < -0.4 is 5.43 Å². The number of amides is 3. The molecule has 3 aliphatic heterocycles. The van der Waals surface area contributed by atoms with Gasteiger partial charge in [-0.15, -0.1) is 0 Å². The van der Waals surface area contributed by atoms with Crippen molar-refractivity contribution in [3.05, 3.63) is 42.0 Å². The number of phenolic OH excluding ortho intramolecular Hbond substituents is 1. The molecular formula is C15H12N2O5. The molecule has 4 atom stereocenters.